The number of nitrogens with zero attached hydrogens (tertiary/aromatic N) is 4. The first-order chi connectivity index (χ1) is 11.1. The van der Waals surface area contributed by atoms with Gasteiger partial charge in [0.05, 0.1) is 6.04 Å². The molecule has 120 valence electrons. The van der Waals surface area contributed by atoms with Gasteiger partial charge in [0.25, 0.3) is 5.56 Å². The van der Waals surface area contributed by atoms with E-state index in [0.717, 1.165) is 19.4 Å². The molecule has 0 bridgehead atoms. The molecule has 7 nitrogen and oxygen atoms in total. The van der Waals surface area contributed by atoms with Crippen molar-refractivity contribution in [2.45, 2.75) is 25.8 Å². The number of aryl methyl sites for hydroxylation is 1. The van der Waals surface area contributed by atoms with E-state index >= 15 is 0 Å². The molecule has 7 heteroatoms. The van der Waals surface area contributed by atoms with Gasteiger partial charge < -0.3 is 14.6 Å². The van der Waals surface area contributed by atoms with Crippen molar-refractivity contribution in [1.29, 1.82) is 0 Å². The Labute approximate surface area is 133 Å². The summed E-state index contributed by atoms with van der Waals surface area (Å²) in [5.41, 5.74) is -0.114. The van der Waals surface area contributed by atoms with E-state index in [-0.39, 0.29) is 11.6 Å². The van der Waals surface area contributed by atoms with Crippen molar-refractivity contribution in [2.75, 3.05) is 18.0 Å². The second-order valence-electron chi connectivity index (χ2n) is 5.68. The molecule has 1 unspecified atom stereocenters. The number of rotatable bonds is 3. The highest BCUT2D eigenvalue weighted by Crippen LogP contribution is 2.23. The van der Waals surface area contributed by atoms with Crippen molar-refractivity contribution in [2.24, 2.45) is 0 Å². The topological polar surface area (TPSA) is 88.3 Å². The molecule has 1 saturated heterocycles. The number of hydrogen-bond acceptors (Lipinski definition) is 5. The number of carbonyl (C=O) groups is 1. The van der Waals surface area contributed by atoms with Gasteiger partial charge in [0.2, 0.25) is 5.95 Å². The molecule has 3 rings (SSSR count). The van der Waals surface area contributed by atoms with Gasteiger partial charge in [-0.3, -0.25) is 4.79 Å². The number of pyridine rings is 1. The van der Waals surface area contributed by atoms with Crippen molar-refractivity contribution in [3.05, 3.63) is 52.2 Å². The van der Waals surface area contributed by atoms with Gasteiger partial charge in [-0.25, -0.2) is 14.8 Å². The summed E-state index contributed by atoms with van der Waals surface area (Å²) in [6.07, 6.45) is 6.78. The molecule has 1 aliphatic rings. The van der Waals surface area contributed by atoms with E-state index in [2.05, 4.69) is 9.97 Å². The van der Waals surface area contributed by atoms with E-state index in [1.165, 1.54) is 4.57 Å². The number of carboxylic acid groups (broad SMARTS) is 1. The summed E-state index contributed by atoms with van der Waals surface area (Å²) in [7, 11) is 0. The van der Waals surface area contributed by atoms with E-state index in [4.69, 9.17) is 0 Å². The monoisotopic (exact) mass is 314 g/mol. The molecule has 23 heavy (non-hydrogen) atoms. The van der Waals surface area contributed by atoms with Crippen LogP contribution in [0.25, 0.3) is 0 Å². The Bertz CT molecular complexity index is 773. The zero-order valence-corrected chi connectivity index (χ0v) is 12.8. The number of carboxylic acids is 1. The molecule has 1 fully saturated rings. The maximum absolute atomic E-state index is 12.5. The lowest BCUT2D eigenvalue weighted by Gasteiger charge is -2.33. The zero-order chi connectivity index (χ0) is 16.4. The van der Waals surface area contributed by atoms with Crippen molar-refractivity contribution >= 4 is 11.9 Å². The predicted molar refractivity (Wildman–Crippen MR) is 84.9 cm³/mol. The summed E-state index contributed by atoms with van der Waals surface area (Å²) >= 11 is 0. The number of hydrogen-bond donors (Lipinski definition) is 1. The highest BCUT2D eigenvalue weighted by atomic mass is 16.4. The lowest BCUT2D eigenvalue weighted by Crippen LogP contribution is -2.41. The van der Waals surface area contributed by atoms with Crippen molar-refractivity contribution in [1.82, 2.24) is 14.5 Å². The standard InChI is InChI=1S/C16H18N4O3/c1-11-5-9-20(14(21)13(11)15(22)23)12-4-2-8-19(10-12)16-17-6-3-7-18-16/h3,5-7,9,12H,2,4,8,10H2,1H3,(H,22,23). The minimum Gasteiger partial charge on any atom is -0.477 e. The van der Waals surface area contributed by atoms with Crippen LogP contribution >= 0.6 is 0 Å². The predicted octanol–water partition coefficient (Wildman–Crippen LogP) is 1.49. The Balaban J connectivity index is 1.92. The van der Waals surface area contributed by atoms with E-state index in [0.29, 0.717) is 18.1 Å². The Kier molecular flexibility index (Phi) is 4.10. The summed E-state index contributed by atoms with van der Waals surface area (Å²) in [5, 5.41) is 9.26. The molecular formula is C16H18N4O3. The fourth-order valence-corrected chi connectivity index (χ4v) is 3.01. The van der Waals surface area contributed by atoms with E-state index in [1.807, 2.05) is 4.90 Å². The maximum atomic E-state index is 12.5. The fraction of sp³-hybridized carbons (Fsp3) is 0.375. The van der Waals surface area contributed by atoms with Crippen molar-refractivity contribution < 1.29 is 9.90 Å². The number of piperidine rings is 1. The molecule has 1 N–H and O–H groups in total. The van der Waals surface area contributed by atoms with Crippen molar-refractivity contribution in [3.8, 4) is 0 Å². The van der Waals surface area contributed by atoms with Crippen molar-refractivity contribution in [3.63, 3.8) is 0 Å². The van der Waals surface area contributed by atoms with Crippen LogP contribution in [0.2, 0.25) is 0 Å². The molecule has 0 saturated carbocycles. The molecule has 3 heterocycles. The van der Waals surface area contributed by atoms with E-state index in [9.17, 15) is 14.7 Å². The molecule has 0 spiro atoms. The highest BCUT2D eigenvalue weighted by Gasteiger charge is 2.25. The third-order valence-electron chi connectivity index (χ3n) is 4.17. The van der Waals surface area contributed by atoms with Crippen LogP contribution in [0.5, 0.6) is 0 Å². The summed E-state index contributed by atoms with van der Waals surface area (Å²) in [4.78, 5) is 34.3. The Morgan fingerprint density at radius 2 is 2.09 bits per heavy atom. The molecule has 1 atom stereocenters. The average Bonchev–Trinajstić information content (AvgIpc) is 2.55. The zero-order valence-electron chi connectivity index (χ0n) is 12.8. The molecule has 2 aromatic heterocycles. The van der Waals surface area contributed by atoms with E-state index in [1.54, 1.807) is 37.6 Å². The van der Waals surface area contributed by atoms with Crippen LogP contribution in [-0.4, -0.2) is 38.7 Å². The summed E-state index contributed by atoms with van der Waals surface area (Å²) in [5.74, 6) is -0.545. The number of anilines is 1. The third-order valence-corrected chi connectivity index (χ3v) is 4.17. The lowest BCUT2D eigenvalue weighted by atomic mass is 10.0. The molecule has 0 radical (unpaired) electrons. The molecular weight excluding hydrogens is 296 g/mol. The summed E-state index contributed by atoms with van der Waals surface area (Å²) in [6.45, 7) is 3.05. The highest BCUT2D eigenvalue weighted by molar-refractivity contribution is 5.88. The largest absolute Gasteiger partial charge is 0.477 e. The molecule has 1 aliphatic heterocycles. The maximum Gasteiger partial charge on any atom is 0.341 e. The quantitative estimate of drug-likeness (QED) is 0.923. The van der Waals surface area contributed by atoms with Gasteiger partial charge in [0, 0.05) is 31.7 Å². The minimum absolute atomic E-state index is 0.0845. The molecule has 2 aromatic rings. The van der Waals surface area contributed by atoms with Gasteiger partial charge in [0.15, 0.2) is 0 Å². The van der Waals surface area contributed by atoms with Crippen LogP contribution in [0, 0.1) is 6.92 Å². The molecule has 0 aliphatic carbocycles. The minimum atomic E-state index is -1.18. The van der Waals surface area contributed by atoms with Gasteiger partial charge in [-0.1, -0.05) is 0 Å². The smallest absolute Gasteiger partial charge is 0.341 e. The first-order valence-corrected chi connectivity index (χ1v) is 7.55. The van der Waals surface area contributed by atoms with Crippen LogP contribution in [0.15, 0.2) is 35.5 Å². The van der Waals surface area contributed by atoms with Crippen LogP contribution in [-0.2, 0) is 0 Å². The Morgan fingerprint density at radius 3 is 2.78 bits per heavy atom. The van der Waals surface area contributed by atoms with Crippen LogP contribution in [0.3, 0.4) is 0 Å². The van der Waals surface area contributed by atoms with E-state index < -0.39 is 11.5 Å². The normalized spacial score (nSPS) is 18.0. The Morgan fingerprint density at radius 1 is 1.35 bits per heavy atom. The van der Waals surface area contributed by atoms with Crippen LogP contribution in [0.4, 0.5) is 5.95 Å². The lowest BCUT2D eigenvalue weighted by molar-refractivity contribution is 0.0693. The summed E-state index contributed by atoms with van der Waals surface area (Å²) in [6, 6.07) is 3.36. The average molecular weight is 314 g/mol. The first kappa shape index (κ1) is 15.2. The SMILES string of the molecule is Cc1ccn(C2CCCN(c3ncccn3)C2)c(=O)c1C(=O)O. The number of aromatic carboxylic acids is 1. The van der Waals surface area contributed by atoms with Gasteiger partial charge in [-0.05, 0) is 37.5 Å². The fourth-order valence-electron chi connectivity index (χ4n) is 3.01. The third kappa shape index (κ3) is 2.94. The van der Waals surface area contributed by atoms with Crippen LogP contribution < -0.4 is 10.5 Å². The van der Waals surface area contributed by atoms with Gasteiger partial charge in [-0.2, -0.15) is 0 Å². The molecule has 0 amide bonds. The molecule has 0 aromatic carbocycles. The Hall–Kier alpha value is -2.70. The van der Waals surface area contributed by atoms with Gasteiger partial charge >= 0.3 is 5.97 Å². The second-order valence-corrected chi connectivity index (χ2v) is 5.68. The van der Waals surface area contributed by atoms with Gasteiger partial charge in [-0.15, -0.1) is 0 Å². The van der Waals surface area contributed by atoms with Gasteiger partial charge in [0.1, 0.15) is 5.56 Å². The first-order valence-electron chi connectivity index (χ1n) is 7.55. The summed E-state index contributed by atoms with van der Waals surface area (Å²) < 4.78 is 1.53. The number of aromatic nitrogens is 3. The van der Waals surface area contributed by atoms with Crippen LogP contribution in [0.1, 0.15) is 34.8 Å². The second kappa shape index (κ2) is 6.20.